The Morgan fingerprint density at radius 1 is 0.967 bits per heavy atom. The van der Waals surface area contributed by atoms with Gasteiger partial charge in [-0.1, -0.05) is 65.2 Å². The lowest BCUT2D eigenvalue weighted by Gasteiger charge is -2.22. The molecule has 0 fully saturated rings. The summed E-state index contributed by atoms with van der Waals surface area (Å²) in [6.45, 7) is 1.48. The highest BCUT2D eigenvalue weighted by Crippen LogP contribution is 2.23. The van der Waals surface area contributed by atoms with Gasteiger partial charge in [0, 0.05) is 11.6 Å². The highest BCUT2D eigenvalue weighted by molar-refractivity contribution is 7.89. The zero-order valence-corrected chi connectivity index (χ0v) is 18.5. The van der Waals surface area contributed by atoms with Crippen molar-refractivity contribution in [2.75, 3.05) is 11.9 Å². The van der Waals surface area contributed by atoms with Crippen LogP contribution in [0.3, 0.4) is 0 Å². The fraction of sp³-hybridized carbons (Fsp3) is 0.136. The molecule has 0 saturated heterocycles. The van der Waals surface area contributed by atoms with Gasteiger partial charge in [-0.15, -0.1) is 0 Å². The van der Waals surface area contributed by atoms with Crippen molar-refractivity contribution < 1.29 is 13.2 Å². The average molecular weight is 463 g/mol. The first-order valence-electron chi connectivity index (χ1n) is 9.11. The van der Waals surface area contributed by atoms with E-state index in [1.54, 1.807) is 60.7 Å². The topological polar surface area (TPSA) is 66.5 Å². The van der Waals surface area contributed by atoms with Gasteiger partial charge in [0.25, 0.3) is 0 Å². The maximum atomic E-state index is 13.3. The first-order valence-corrected chi connectivity index (χ1v) is 11.3. The molecule has 0 unspecified atom stereocenters. The molecule has 30 heavy (non-hydrogen) atoms. The predicted octanol–water partition coefficient (Wildman–Crippen LogP) is 5.13. The van der Waals surface area contributed by atoms with Gasteiger partial charge in [-0.25, -0.2) is 8.42 Å². The molecule has 5 nitrogen and oxygen atoms in total. The SMILES string of the molecule is Cc1ccc(S(=O)(=O)N(CC(=O)Nc2ccccc2Cl)Cc2cccc(Cl)c2)cc1. The van der Waals surface area contributed by atoms with Gasteiger partial charge in [-0.2, -0.15) is 4.31 Å². The molecule has 0 bridgehead atoms. The van der Waals surface area contributed by atoms with Crippen molar-refractivity contribution in [3.8, 4) is 0 Å². The molecule has 3 aromatic carbocycles. The summed E-state index contributed by atoms with van der Waals surface area (Å²) in [7, 11) is -3.93. The number of nitrogens with one attached hydrogen (secondary N) is 1. The third-order valence-electron chi connectivity index (χ3n) is 4.37. The lowest BCUT2D eigenvalue weighted by Crippen LogP contribution is -2.37. The largest absolute Gasteiger partial charge is 0.324 e. The van der Waals surface area contributed by atoms with Crippen LogP contribution in [0, 0.1) is 6.92 Å². The van der Waals surface area contributed by atoms with E-state index in [9.17, 15) is 13.2 Å². The summed E-state index contributed by atoms with van der Waals surface area (Å²) in [6, 6.07) is 20.1. The fourth-order valence-electron chi connectivity index (χ4n) is 2.84. The molecule has 0 atom stereocenters. The van der Waals surface area contributed by atoms with Crippen molar-refractivity contribution in [3.05, 3.63) is 94.0 Å². The molecule has 8 heteroatoms. The summed E-state index contributed by atoms with van der Waals surface area (Å²) in [5, 5.41) is 3.52. The van der Waals surface area contributed by atoms with Crippen LogP contribution in [-0.4, -0.2) is 25.2 Å². The monoisotopic (exact) mass is 462 g/mol. The predicted molar refractivity (Wildman–Crippen MR) is 120 cm³/mol. The highest BCUT2D eigenvalue weighted by atomic mass is 35.5. The molecule has 0 heterocycles. The Morgan fingerprint density at radius 2 is 1.67 bits per heavy atom. The summed E-state index contributed by atoms with van der Waals surface area (Å²) >= 11 is 12.1. The lowest BCUT2D eigenvalue weighted by atomic mass is 10.2. The number of carbonyl (C=O) groups is 1. The number of carbonyl (C=O) groups excluding carboxylic acids is 1. The van der Waals surface area contributed by atoms with Crippen molar-refractivity contribution in [2.45, 2.75) is 18.4 Å². The van der Waals surface area contributed by atoms with Gasteiger partial charge in [-0.3, -0.25) is 4.79 Å². The maximum Gasteiger partial charge on any atom is 0.243 e. The van der Waals surface area contributed by atoms with Crippen LogP contribution >= 0.6 is 23.2 Å². The van der Waals surface area contributed by atoms with Crippen LogP contribution in [0.4, 0.5) is 5.69 Å². The molecule has 0 saturated carbocycles. The third-order valence-corrected chi connectivity index (χ3v) is 6.75. The molecule has 0 spiro atoms. The van der Waals surface area contributed by atoms with Gasteiger partial charge in [0.2, 0.25) is 15.9 Å². The van der Waals surface area contributed by atoms with Crippen molar-refractivity contribution >= 4 is 44.8 Å². The minimum Gasteiger partial charge on any atom is -0.324 e. The van der Waals surface area contributed by atoms with Crippen LogP contribution in [0.25, 0.3) is 0 Å². The highest BCUT2D eigenvalue weighted by Gasteiger charge is 2.27. The van der Waals surface area contributed by atoms with E-state index in [0.29, 0.717) is 21.3 Å². The molecule has 0 aliphatic rings. The lowest BCUT2D eigenvalue weighted by molar-refractivity contribution is -0.116. The van der Waals surface area contributed by atoms with Crippen molar-refractivity contribution in [2.24, 2.45) is 0 Å². The molecule has 3 aromatic rings. The van der Waals surface area contributed by atoms with E-state index in [2.05, 4.69) is 5.32 Å². The number of aryl methyl sites for hydroxylation is 1. The minimum atomic E-state index is -3.93. The van der Waals surface area contributed by atoms with Crippen LogP contribution in [0.1, 0.15) is 11.1 Å². The minimum absolute atomic E-state index is 0.00723. The van der Waals surface area contributed by atoms with Crippen molar-refractivity contribution in [1.29, 1.82) is 0 Å². The first kappa shape index (κ1) is 22.3. The molecule has 0 aromatic heterocycles. The number of hydrogen-bond acceptors (Lipinski definition) is 3. The summed E-state index contributed by atoms with van der Waals surface area (Å²) in [5.74, 6) is -0.499. The summed E-state index contributed by atoms with van der Waals surface area (Å²) in [5.41, 5.74) is 2.02. The zero-order chi connectivity index (χ0) is 21.7. The molecule has 0 aliphatic carbocycles. The van der Waals surface area contributed by atoms with Crippen LogP contribution in [0.15, 0.2) is 77.7 Å². The Bertz CT molecular complexity index is 1150. The van der Waals surface area contributed by atoms with Crippen molar-refractivity contribution in [1.82, 2.24) is 4.31 Å². The van der Waals surface area contributed by atoms with Crippen LogP contribution in [0.5, 0.6) is 0 Å². The maximum absolute atomic E-state index is 13.3. The number of para-hydroxylation sites is 1. The summed E-state index contributed by atoms with van der Waals surface area (Å²) < 4.78 is 27.7. The quantitative estimate of drug-likeness (QED) is 0.528. The van der Waals surface area contributed by atoms with E-state index >= 15 is 0 Å². The number of halogens is 2. The fourth-order valence-corrected chi connectivity index (χ4v) is 4.62. The Kier molecular flexibility index (Phi) is 7.15. The van der Waals surface area contributed by atoms with Gasteiger partial charge in [-0.05, 0) is 48.9 Å². The van der Waals surface area contributed by atoms with E-state index < -0.39 is 15.9 Å². The Labute approximate surface area is 186 Å². The molecule has 1 amide bonds. The molecule has 3 rings (SSSR count). The second-order valence-electron chi connectivity index (χ2n) is 6.74. The molecule has 156 valence electrons. The Hall–Kier alpha value is -2.38. The number of nitrogens with zero attached hydrogens (tertiary/aromatic N) is 1. The smallest absolute Gasteiger partial charge is 0.243 e. The molecule has 0 aliphatic heterocycles. The molecular weight excluding hydrogens is 443 g/mol. The van der Waals surface area contributed by atoms with Crippen LogP contribution < -0.4 is 5.32 Å². The van der Waals surface area contributed by atoms with E-state index in [0.717, 1.165) is 9.87 Å². The van der Waals surface area contributed by atoms with Gasteiger partial charge in [0.05, 0.1) is 22.2 Å². The number of anilines is 1. The zero-order valence-electron chi connectivity index (χ0n) is 16.2. The Morgan fingerprint density at radius 3 is 2.33 bits per heavy atom. The van der Waals surface area contributed by atoms with Gasteiger partial charge in [0.15, 0.2) is 0 Å². The Balaban J connectivity index is 1.89. The summed E-state index contributed by atoms with van der Waals surface area (Å²) in [6.07, 6.45) is 0. The van der Waals surface area contributed by atoms with Crippen LogP contribution in [-0.2, 0) is 21.4 Å². The molecule has 0 radical (unpaired) electrons. The van der Waals surface area contributed by atoms with Gasteiger partial charge >= 0.3 is 0 Å². The second kappa shape index (κ2) is 9.62. The van der Waals surface area contributed by atoms with Gasteiger partial charge < -0.3 is 5.32 Å². The van der Waals surface area contributed by atoms with E-state index in [1.165, 1.54) is 12.1 Å². The van der Waals surface area contributed by atoms with E-state index in [1.807, 2.05) is 6.92 Å². The van der Waals surface area contributed by atoms with Crippen LogP contribution in [0.2, 0.25) is 10.0 Å². The number of amides is 1. The third kappa shape index (κ3) is 5.61. The van der Waals surface area contributed by atoms with Crippen molar-refractivity contribution in [3.63, 3.8) is 0 Å². The number of hydrogen-bond donors (Lipinski definition) is 1. The standard InChI is InChI=1S/C22H20Cl2N2O3S/c1-16-9-11-19(12-10-16)30(28,29)26(14-17-5-4-6-18(23)13-17)15-22(27)25-21-8-3-2-7-20(21)24/h2-13H,14-15H2,1H3,(H,25,27). The number of sulfonamides is 1. The van der Waals surface area contributed by atoms with E-state index in [4.69, 9.17) is 23.2 Å². The number of rotatable bonds is 7. The second-order valence-corrected chi connectivity index (χ2v) is 9.53. The molecular formula is C22H20Cl2N2O3S. The summed E-state index contributed by atoms with van der Waals surface area (Å²) in [4.78, 5) is 12.8. The van der Waals surface area contributed by atoms with E-state index in [-0.39, 0.29) is 18.0 Å². The van der Waals surface area contributed by atoms with Gasteiger partial charge in [0.1, 0.15) is 0 Å². The average Bonchev–Trinajstić information content (AvgIpc) is 2.69. The number of benzene rings is 3. The first-order chi connectivity index (χ1) is 14.3. The molecule has 1 N–H and O–H groups in total. The normalized spacial score (nSPS) is 11.5.